The van der Waals surface area contributed by atoms with Crippen LogP contribution in [0.3, 0.4) is 0 Å². The summed E-state index contributed by atoms with van der Waals surface area (Å²) < 4.78 is 19.2. The van der Waals surface area contributed by atoms with Crippen LogP contribution >= 0.6 is 11.6 Å². The number of nitrogens with one attached hydrogen (secondary N) is 1. The number of ether oxygens (including phenoxy) is 1. The van der Waals surface area contributed by atoms with E-state index in [1.807, 2.05) is 27.8 Å². The van der Waals surface area contributed by atoms with Gasteiger partial charge >= 0.3 is 0 Å². The van der Waals surface area contributed by atoms with E-state index >= 15 is 0 Å². The zero-order valence-corrected chi connectivity index (χ0v) is 12.1. The average molecular weight is 274 g/mol. The Bertz CT molecular complexity index is 399. The summed E-state index contributed by atoms with van der Waals surface area (Å²) in [5.41, 5.74) is 0.318. The second kappa shape index (κ2) is 6.50. The molecule has 2 unspecified atom stereocenters. The molecule has 4 heteroatoms. The third-order valence-electron chi connectivity index (χ3n) is 3.34. The highest BCUT2D eigenvalue weighted by Crippen LogP contribution is 2.35. The van der Waals surface area contributed by atoms with Crippen LogP contribution in [0.15, 0.2) is 18.2 Å². The molecule has 0 fully saturated rings. The molecule has 0 saturated heterocycles. The molecule has 0 aromatic heterocycles. The molecule has 0 aliphatic carbocycles. The predicted octanol–water partition coefficient (Wildman–Crippen LogP) is 3.94. The lowest BCUT2D eigenvalue weighted by Gasteiger charge is -2.37. The van der Waals surface area contributed by atoms with Crippen LogP contribution in [0, 0.1) is 5.82 Å². The maximum absolute atomic E-state index is 13.4. The first kappa shape index (κ1) is 15.4. The van der Waals surface area contributed by atoms with Gasteiger partial charge in [0.15, 0.2) is 0 Å². The number of rotatable bonds is 6. The smallest absolute Gasteiger partial charge is 0.123 e. The van der Waals surface area contributed by atoms with Crippen molar-refractivity contribution in [3.8, 4) is 0 Å². The van der Waals surface area contributed by atoms with Crippen molar-refractivity contribution in [3.63, 3.8) is 0 Å². The first-order valence-electron chi connectivity index (χ1n) is 6.24. The summed E-state index contributed by atoms with van der Waals surface area (Å²) >= 11 is 6.17. The van der Waals surface area contributed by atoms with Crippen LogP contribution in [0.4, 0.5) is 4.39 Å². The SMILES string of the molecule is CCOC(C)(CC)C(NC)c1cc(F)ccc1Cl. The van der Waals surface area contributed by atoms with Gasteiger partial charge in [0.05, 0.1) is 11.6 Å². The van der Waals surface area contributed by atoms with Gasteiger partial charge in [-0.05, 0) is 51.1 Å². The van der Waals surface area contributed by atoms with Crippen LogP contribution in [0.1, 0.15) is 38.8 Å². The Balaban J connectivity index is 3.19. The zero-order valence-electron chi connectivity index (χ0n) is 11.4. The highest BCUT2D eigenvalue weighted by Gasteiger charge is 2.34. The van der Waals surface area contributed by atoms with Gasteiger partial charge in [0.25, 0.3) is 0 Å². The van der Waals surface area contributed by atoms with Gasteiger partial charge in [0.1, 0.15) is 5.82 Å². The van der Waals surface area contributed by atoms with Crippen molar-refractivity contribution in [1.29, 1.82) is 0 Å². The Kier molecular flexibility index (Phi) is 5.57. The molecule has 0 radical (unpaired) electrons. The van der Waals surface area contributed by atoms with E-state index in [-0.39, 0.29) is 11.9 Å². The van der Waals surface area contributed by atoms with Crippen molar-refractivity contribution in [2.75, 3.05) is 13.7 Å². The molecule has 1 aromatic carbocycles. The summed E-state index contributed by atoms with van der Waals surface area (Å²) in [4.78, 5) is 0. The van der Waals surface area contributed by atoms with Gasteiger partial charge in [-0.3, -0.25) is 0 Å². The predicted molar refractivity (Wildman–Crippen MR) is 73.5 cm³/mol. The summed E-state index contributed by atoms with van der Waals surface area (Å²) in [5.74, 6) is -0.287. The van der Waals surface area contributed by atoms with E-state index in [0.717, 1.165) is 12.0 Å². The maximum atomic E-state index is 13.4. The van der Waals surface area contributed by atoms with Crippen LogP contribution < -0.4 is 5.32 Å². The lowest BCUT2D eigenvalue weighted by atomic mass is 9.87. The number of hydrogen-bond acceptors (Lipinski definition) is 2. The second-order valence-electron chi connectivity index (χ2n) is 4.49. The van der Waals surface area contributed by atoms with Crippen molar-refractivity contribution in [3.05, 3.63) is 34.6 Å². The first-order chi connectivity index (χ1) is 8.48. The topological polar surface area (TPSA) is 21.3 Å². The molecule has 1 N–H and O–H groups in total. The molecule has 2 atom stereocenters. The summed E-state index contributed by atoms with van der Waals surface area (Å²) in [7, 11) is 1.83. The summed E-state index contributed by atoms with van der Waals surface area (Å²) in [6, 6.07) is 4.27. The van der Waals surface area contributed by atoms with Crippen molar-refractivity contribution in [2.24, 2.45) is 0 Å². The van der Waals surface area contributed by atoms with Crippen LogP contribution in [0.2, 0.25) is 5.02 Å². The van der Waals surface area contributed by atoms with Crippen molar-refractivity contribution in [1.82, 2.24) is 5.32 Å². The number of benzene rings is 1. The minimum Gasteiger partial charge on any atom is -0.374 e. The minimum absolute atomic E-state index is 0.148. The van der Waals surface area contributed by atoms with Gasteiger partial charge in [-0.1, -0.05) is 18.5 Å². The quantitative estimate of drug-likeness (QED) is 0.847. The molecule has 0 heterocycles. The molecule has 0 aliphatic rings. The second-order valence-corrected chi connectivity index (χ2v) is 4.89. The van der Waals surface area contributed by atoms with Crippen LogP contribution in [-0.2, 0) is 4.74 Å². The van der Waals surface area contributed by atoms with E-state index in [1.54, 1.807) is 6.07 Å². The lowest BCUT2D eigenvalue weighted by molar-refractivity contribution is -0.0547. The number of halogens is 2. The fraction of sp³-hybridized carbons (Fsp3) is 0.571. The van der Waals surface area contributed by atoms with E-state index in [0.29, 0.717) is 11.6 Å². The molecular weight excluding hydrogens is 253 g/mol. The Morgan fingerprint density at radius 1 is 1.44 bits per heavy atom. The van der Waals surface area contributed by atoms with E-state index < -0.39 is 5.60 Å². The minimum atomic E-state index is -0.416. The molecule has 0 saturated carbocycles. The van der Waals surface area contributed by atoms with Gasteiger partial charge in [-0.2, -0.15) is 0 Å². The molecule has 18 heavy (non-hydrogen) atoms. The molecule has 1 aromatic rings. The number of hydrogen-bond donors (Lipinski definition) is 1. The molecule has 0 aliphatic heterocycles. The third-order valence-corrected chi connectivity index (χ3v) is 3.69. The van der Waals surface area contributed by atoms with Gasteiger partial charge in [0.2, 0.25) is 0 Å². The molecule has 0 amide bonds. The summed E-state index contributed by atoms with van der Waals surface area (Å²) in [5, 5.41) is 3.74. The van der Waals surface area contributed by atoms with Crippen molar-refractivity contribution >= 4 is 11.6 Å². The van der Waals surface area contributed by atoms with Gasteiger partial charge in [0, 0.05) is 11.6 Å². The van der Waals surface area contributed by atoms with Crippen molar-refractivity contribution < 1.29 is 9.13 Å². The van der Waals surface area contributed by atoms with Crippen LogP contribution in [-0.4, -0.2) is 19.3 Å². The monoisotopic (exact) mass is 273 g/mol. The molecule has 1 rings (SSSR count). The highest BCUT2D eigenvalue weighted by atomic mass is 35.5. The molecule has 2 nitrogen and oxygen atoms in total. The standard InChI is InChI=1S/C14H21ClFNO/c1-5-14(3,18-6-2)13(17-4)11-9-10(16)7-8-12(11)15/h7-9,13,17H,5-6H2,1-4H3. The Hall–Kier alpha value is -0.640. The maximum Gasteiger partial charge on any atom is 0.123 e. The van der Waals surface area contributed by atoms with Crippen LogP contribution in [0.25, 0.3) is 0 Å². The highest BCUT2D eigenvalue weighted by molar-refractivity contribution is 6.31. The van der Waals surface area contributed by atoms with E-state index in [1.165, 1.54) is 12.1 Å². The fourth-order valence-electron chi connectivity index (χ4n) is 2.24. The largest absolute Gasteiger partial charge is 0.374 e. The van der Waals surface area contributed by atoms with Gasteiger partial charge < -0.3 is 10.1 Å². The number of likely N-dealkylation sites (N-methyl/N-ethyl adjacent to an activating group) is 1. The molecule has 102 valence electrons. The Morgan fingerprint density at radius 2 is 2.11 bits per heavy atom. The van der Waals surface area contributed by atoms with E-state index in [9.17, 15) is 4.39 Å². The Labute approximate surface area is 113 Å². The van der Waals surface area contributed by atoms with E-state index in [4.69, 9.17) is 16.3 Å². The van der Waals surface area contributed by atoms with Gasteiger partial charge in [-0.25, -0.2) is 4.39 Å². The van der Waals surface area contributed by atoms with E-state index in [2.05, 4.69) is 5.32 Å². The average Bonchev–Trinajstić information content (AvgIpc) is 2.34. The molecule has 0 spiro atoms. The first-order valence-corrected chi connectivity index (χ1v) is 6.62. The molecule has 0 bridgehead atoms. The summed E-state index contributed by atoms with van der Waals surface area (Å²) in [6.45, 7) is 6.62. The van der Waals surface area contributed by atoms with Gasteiger partial charge in [-0.15, -0.1) is 0 Å². The zero-order chi connectivity index (χ0) is 13.8. The third kappa shape index (κ3) is 3.22. The molecular formula is C14H21ClFNO. The van der Waals surface area contributed by atoms with Crippen LogP contribution in [0.5, 0.6) is 0 Å². The lowest BCUT2D eigenvalue weighted by Crippen LogP contribution is -2.42. The fourth-order valence-corrected chi connectivity index (χ4v) is 2.47. The summed E-state index contributed by atoms with van der Waals surface area (Å²) in [6.07, 6.45) is 0.805. The Morgan fingerprint density at radius 3 is 2.61 bits per heavy atom. The normalized spacial score (nSPS) is 16.3. The van der Waals surface area contributed by atoms with Crippen molar-refractivity contribution in [2.45, 2.75) is 38.8 Å².